The number of aliphatic carboxylic acids is 1. The van der Waals surface area contributed by atoms with Crippen LogP contribution in [0.5, 0.6) is 5.75 Å². The second kappa shape index (κ2) is 5.95. The van der Waals surface area contributed by atoms with Gasteiger partial charge in [0.2, 0.25) is 0 Å². The predicted octanol–water partition coefficient (Wildman–Crippen LogP) is 3.36. The van der Waals surface area contributed by atoms with E-state index < -0.39 is 29.5 Å². The van der Waals surface area contributed by atoms with Crippen molar-refractivity contribution in [2.24, 2.45) is 0 Å². The van der Waals surface area contributed by atoms with E-state index in [0.29, 0.717) is 0 Å². The second-order valence-corrected chi connectivity index (χ2v) is 4.48. The molecule has 1 aromatic rings. The van der Waals surface area contributed by atoms with Gasteiger partial charge in [0.25, 0.3) is 0 Å². The summed E-state index contributed by atoms with van der Waals surface area (Å²) >= 11 is 2.95. The average Bonchev–Trinajstić information content (AvgIpc) is 2.20. The Hall–Kier alpha value is -1.17. The van der Waals surface area contributed by atoms with Crippen molar-refractivity contribution in [3.8, 4) is 5.75 Å². The number of hydrogen-bond donors (Lipinski definition) is 1. The Morgan fingerprint density at radius 2 is 2.00 bits per heavy atom. The molecule has 0 amide bonds. The Bertz CT molecular complexity index is 400. The van der Waals surface area contributed by atoms with Crippen molar-refractivity contribution in [1.82, 2.24) is 0 Å². The average molecular weight is 309 g/mol. The Morgan fingerprint density at radius 1 is 1.47 bits per heavy atom. The largest absolute Gasteiger partial charge is 0.485 e. The van der Waals surface area contributed by atoms with Gasteiger partial charge in [0.15, 0.2) is 17.4 Å². The number of carboxylic acid groups (broad SMARTS) is 1. The van der Waals surface area contributed by atoms with Crippen LogP contribution in [0.3, 0.4) is 0 Å². The van der Waals surface area contributed by atoms with Crippen molar-refractivity contribution < 1.29 is 23.4 Å². The van der Waals surface area contributed by atoms with E-state index in [2.05, 4.69) is 15.9 Å². The standard InChI is InChI=1S/C11H11BrF2O3/c1-6(2-3-10(15)16)17-11-8(13)4-7(12)5-9(11)14/h4-6H,2-3H2,1H3,(H,15,16)/t6-/m0/s1. The van der Waals surface area contributed by atoms with Crippen molar-refractivity contribution in [2.75, 3.05) is 0 Å². The number of ether oxygens (including phenoxy) is 1. The SMILES string of the molecule is C[C@@H](CCC(=O)O)Oc1c(F)cc(Br)cc1F. The molecule has 94 valence electrons. The second-order valence-electron chi connectivity index (χ2n) is 3.56. The molecule has 1 rings (SSSR count). The molecule has 0 aromatic heterocycles. The Morgan fingerprint density at radius 3 is 2.47 bits per heavy atom. The van der Waals surface area contributed by atoms with E-state index in [0.717, 1.165) is 12.1 Å². The highest BCUT2D eigenvalue weighted by molar-refractivity contribution is 9.10. The summed E-state index contributed by atoms with van der Waals surface area (Å²) in [5, 5.41) is 8.46. The number of halogens is 3. The molecule has 0 bridgehead atoms. The van der Waals surface area contributed by atoms with Gasteiger partial charge in [-0.05, 0) is 25.5 Å². The van der Waals surface area contributed by atoms with Gasteiger partial charge in [0, 0.05) is 10.9 Å². The molecule has 0 radical (unpaired) electrons. The highest BCUT2D eigenvalue weighted by Crippen LogP contribution is 2.27. The lowest BCUT2D eigenvalue weighted by molar-refractivity contribution is -0.137. The van der Waals surface area contributed by atoms with Crippen LogP contribution in [-0.4, -0.2) is 17.2 Å². The third kappa shape index (κ3) is 4.30. The van der Waals surface area contributed by atoms with E-state index in [9.17, 15) is 13.6 Å². The number of carbonyl (C=O) groups is 1. The summed E-state index contributed by atoms with van der Waals surface area (Å²) in [4.78, 5) is 10.3. The van der Waals surface area contributed by atoms with Gasteiger partial charge in [-0.15, -0.1) is 0 Å². The zero-order chi connectivity index (χ0) is 13.0. The number of carboxylic acids is 1. The maximum Gasteiger partial charge on any atom is 0.303 e. The fourth-order valence-electron chi connectivity index (χ4n) is 1.23. The monoisotopic (exact) mass is 308 g/mol. The van der Waals surface area contributed by atoms with E-state index in [1.54, 1.807) is 6.92 Å². The van der Waals surface area contributed by atoms with Gasteiger partial charge >= 0.3 is 5.97 Å². The van der Waals surface area contributed by atoms with E-state index in [1.165, 1.54) is 0 Å². The van der Waals surface area contributed by atoms with Crippen LogP contribution in [0.1, 0.15) is 19.8 Å². The summed E-state index contributed by atoms with van der Waals surface area (Å²) in [6, 6.07) is 2.17. The Labute approximate surface area is 106 Å². The molecule has 0 aliphatic rings. The molecular weight excluding hydrogens is 298 g/mol. The summed E-state index contributed by atoms with van der Waals surface area (Å²) in [6.07, 6.45) is -0.498. The highest BCUT2D eigenvalue weighted by Gasteiger charge is 2.15. The Balaban J connectivity index is 2.71. The van der Waals surface area contributed by atoms with Crippen molar-refractivity contribution in [1.29, 1.82) is 0 Å². The molecule has 0 spiro atoms. The van der Waals surface area contributed by atoms with Crippen LogP contribution >= 0.6 is 15.9 Å². The third-order valence-electron chi connectivity index (χ3n) is 2.05. The molecule has 6 heteroatoms. The summed E-state index contributed by atoms with van der Waals surface area (Å²) in [7, 11) is 0. The molecule has 0 heterocycles. The molecule has 0 saturated heterocycles. The lowest BCUT2D eigenvalue weighted by atomic mass is 10.2. The first-order chi connectivity index (χ1) is 7.90. The third-order valence-corrected chi connectivity index (χ3v) is 2.50. The van der Waals surface area contributed by atoms with Gasteiger partial charge < -0.3 is 9.84 Å². The lowest BCUT2D eigenvalue weighted by Gasteiger charge is -2.15. The quantitative estimate of drug-likeness (QED) is 0.907. The smallest absolute Gasteiger partial charge is 0.303 e. The van der Waals surface area contributed by atoms with Crippen LogP contribution in [0, 0.1) is 11.6 Å². The fourth-order valence-corrected chi connectivity index (χ4v) is 1.63. The number of rotatable bonds is 5. The highest BCUT2D eigenvalue weighted by atomic mass is 79.9. The Kier molecular flexibility index (Phi) is 4.86. The van der Waals surface area contributed by atoms with Gasteiger partial charge in [0.1, 0.15) is 0 Å². The minimum Gasteiger partial charge on any atom is -0.485 e. The van der Waals surface area contributed by atoms with E-state index in [1.807, 2.05) is 0 Å². The van der Waals surface area contributed by atoms with Gasteiger partial charge in [0.05, 0.1) is 6.10 Å². The van der Waals surface area contributed by atoms with Crippen LogP contribution in [-0.2, 0) is 4.79 Å². The molecule has 0 aliphatic carbocycles. The maximum atomic E-state index is 13.4. The first kappa shape index (κ1) is 13.9. The zero-order valence-corrected chi connectivity index (χ0v) is 10.6. The molecule has 3 nitrogen and oxygen atoms in total. The van der Waals surface area contributed by atoms with Crippen LogP contribution in [0.25, 0.3) is 0 Å². The molecule has 0 unspecified atom stereocenters. The molecule has 1 aromatic carbocycles. The van der Waals surface area contributed by atoms with Crippen LogP contribution < -0.4 is 4.74 Å². The lowest BCUT2D eigenvalue weighted by Crippen LogP contribution is -2.15. The fraction of sp³-hybridized carbons (Fsp3) is 0.364. The van der Waals surface area contributed by atoms with Gasteiger partial charge in [-0.1, -0.05) is 15.9 Å². The molecule has 0 aliphatic heterocycles. The minimum atomic E-state index is -0.975. The van der Waals surface area contributed by atoms with E-state index in [4.69, 9.17) is 9.84 Å². The van der Waals surface area contributed by atoms with E-state index in [-0.39, 0.29) is 17.3 Å². The zero-order valence-electron chi connectivity index (χ0n) is 9.04. The topological polar surface area (TPSA) is 46.5 Å². The van der Waals surface area contributed by atoms with Gasteiger partial charge in [-0.2, -0.15) is 0 Å². The van der Waals surface area contributed by atoms with Gasteiger partial charge in [-0.3, -0.25) is 4.79 Å². The van der Waals surface area contributed by atoms with Crippen LogP contribution in [0.15, 0.2) is 16.6 Å². The molecular formula is C11H11BrF2O3. The van der Waals surface area contributed by atoms with E-state index >= 15 is 0 Å². The maximum absolute atomic E-state index is 13.4. The van der Waals surface area contributed by atoms with Crippen molar-refractivity contribution in [2.45, 2.75) is 25.9 Å². The van der Waals surface area contributed by atoms with Crippen molar-refractivity contribution in [3.05, 3.63) is 28.2 Å². The number of hydrogen-bond acceptors (Lipinski definition) is 2. The predicted molar refractivity (Wildman–Crippen MR) is 61.0 cm³/mol. The summed E-state index contributed by atoms with van der Waals surface area (Å²) in [5.41, 5.74) is 0. The molecule has 17 heavy (non-hydrogen) atoms. The summed E-state index contributed by atoms with van der Waals surface area (Å²) in [5.74, 6) is -3.10. The summed E-state index contributed by atoms with van der Waals surface area (Å²) < 4.78 is 32.0. The first-order valence-electron chi connectivity index (χ1n) is 4.93. The minimum absolute atomic E-state index is 0.110. The molecule has 0 fully saturated rings. The van der Waals surface area contributed by atoms with Crippen molar-refractivity contribution >= 4 is 21.9 Å². The molecule has 1 N–H and O–H groups in total. The van der Waals surface area contributed by atoms with Crippen molar-refractivity contribution in [3.63, 3.8) is 0 Å². The van der Waals surface area contributed by atoms with Crippen LogP contribution in [0.2, 0.25) is 0 Å². The number of benzene rings is 1. The summed E-state index contributed by atoms with van der Waals surface area (Å²) in [6.45, 7) is 1.56. The molecule has 0 saturated carbocycles. The van der Waals surface area contributed by atoms with Gasteiger partial charge in [-0.25, -0.2) is 8.78 Å². The first-order valence-corrected chi connectivity index (χ1v) is 5.72. The van der Waals surface area contributed by atoms with Crippen LogP contribution in [0.4, 0.5) is 8.78 Å². The molecule has 1 atom stereocenters. The normalized spacial score (nSPS) is 12.2.